The Kier molecular flexibility index (Phi) is 5.17. The zero-order chi connectivity index (χ0) is 18.0. The summed E-state index contributed by atoms with van der Waals surface area (Å²) in [6.45, 7) is 4.12. The van der Waals surface area contributed by atoms with Crippen LogP contribution in [0.25, 0.3) is 0 Å². The summed E-state index contributed by atoms with van der Waals surface area (Å²) in [4.78, 5) is 16.4. The first-order valence-corrected chi connectivity index (χ1v) is 8.67. The predicted molar refractivity (Wildman–Crippen MR) is 91.9 cm³/mol. The van der Waals surface area contributed by atoms with Gasteiger partial charge in [-0.1, -0.05) is 5.16 Å². The molecular weight excluding hydrogens is 320 g/mol. The maximum Gasteiger partial charge on any atom is 0.230 e. The Morgan fingerprint density at radius 1 is 1.32 bits per heavy atom. The zero-order valence-electron chi connectivity index (χ0n) is 15.4. The minimum absolute atomic E-state index is 0.0980. The molecular formula is C17H26N6O2. The summed E-state index contributed by atoms with van der Waals surface area (Å²) in [6, 6.07) is 1.82. The van der Waals surface area contributed by atoms with Crippen LogP contribution < -0.4 is 0 Å². The number of hydrogen-bond acceptors (Lipinski definition) is 6. The molecule has 1 aliphatic rings. The topological polar surface area (TPSA) is 80.3 Å². The van der Waals surface area contributed by atoms with E-state index in [0.29, 0.717) is 11.7 Å². The second kappa shape index (κ2) is 7.35. The average Bonchev–Trinajstić information content (AvgIpc) is 3.14. The Labute approximate surface area is 147 Å². The van der Waals surface area contributed by atoms with E-state index in [1.807, 2.05) is 39.0 Å². The van der Waals surface area contributed by atoms with Crippen LogP contribution in [-0.4, -0.2) is 62.8 Å². The SMILES string of the molecule is Cc1cc(CC(=O)N2CCC(c3nnc(CN(C)C)n3C)CC2)on1. The molecule has 25 heavy (non-hydrogen) atoms. The smallest absolute Gasteiger partial charge is 0.230 e. The average molecular weight is 346 g/mol. The van der Waals surface area contributed by atoms with E-state index in [1.54, 1.807) is 0 Å². The van der Waals surface area contributed by atoms with Crippen molar-refractivity contribution in [2.75, 3.05) is 27.2 Å². The van der Waals surface area contributed by atoms with Crippen LogP contribution in [-0.2, 0) is 24.8 Å². The first-order chi connectivity index (χ1) is 11.9. The van der Waals surface area contributed by atoms with Crippen LogP contribution in [0.4, 0.5) is 0 Å². The molecule has 3 rings (SSSR count). The molecule has 0 spiro atoms. The molecule has 0 bridgehead atoms. The summed E-state index contributed by atoms with van der Waals surface area (Å²) < 4.78 is 7.24. The molecule has 0 atom stereocenters. The highest BCUT2D eigenvalue weighted by molar-refractivity contribution is 5.78. The minimum Gasteiger partial charge on any atom is -0.361 e. The van der Waals surface area contributed by atoms with Crippen LogP contribution >= 0.6 is 0 Å². The number of aryl methyl sites for hydroxylation is 1. The lowest BCUT2D eigenvalue weighted by molar-refractivity contribution is -0.131. The third kappa shape index (κ3) is 4.07. The molecule has 1 aliphatic heterocycles. The van der Waals surface area contributed by atoms with Crippen molar-refractivity contribution in [2.24, 2.45) is 7.05 Å². The van der Waals surface area contributed by atoms with E-state index in [0.717, 1.165) is 49.8 Å². The van der Waals surface area contributed by atoms with Gasteiger partial charge in [-0.15, -0.1) is 10.2 Å². The van der Waals surface area contributed by atoms with Gasteiger partial charge in [-0.05, 0) is 33.9 Å². The van der Waals surface area contributed by atoms with Crippen molar-refractivity contribution in [1.29, 1.82) is 0 Å². The first kappa shape index (κ1) is 17.6. The van der Waals surface area contributed by atoms with E-state index in [9.17, 15) is 4.79 Å². The Hall–Kier alpha value is -2.22. The van der Waals surface area contributed by atoms with E-state index in [1.165, 1.54) is 0 Å². The summed E-state index contributed by atoms with van der Waals surface area (Å²) in [5, 5.41) is 12.5. The van der Waals surface area contributed by atoms with Crippen molar-refractivity contribution in [3.63, 3.8) is 0 Å². The number of aromatic nitrogens is 4. The highest BCUT2D eigenvalue weighted by atomic mass is 16.5. The van der Waals surface area contributed by atoms with Crippen LogP contribution in [0.15, 0.2) is 10.6 Å². The standard InChI is InChI=1S/C17H26N6O2/c1-12-9-14(25-20-12)10-16(24)23-7-5-13(6-8-23)17-19-18-15(22(17)4)11-21(2)3/h9,13H,5-8,10-11H2,1-4H3. The van der Waals surface area contributed by atoms with Gasteiger partial charge in [0.15, 0.2) is 0 Å². The van der Waals surface area contributed by atoms with E-state index in [-0.39, 0.29) is 12.3 Å². The molecule has 2 aromatic heterocycles. The third-order valence-electron chi connectivity index (χ3n) is 4.67. The largest absolute Gasteiger partial charge is 0.361 e. The summed E-state index contributed by atoms with van der Waals surface area (Å²) in [6.07, 6.45) is 2.10. The predicted octanol–water partition coefficient (Wildman–Crippen LogP) is 1.12. The van der Waals surface area contributed by atoms with Crippen LogP contribution in [0.5, 0.6) is 0 Å². The quantitative estimate of drug-likeness (QED) is 0.807. The zero-order valence-corrected chi connectivity index (χ0v) is 15.4. The number of carbonyl (C=O) groups excluding carboxylic acids is 1. The van der Waals surface area contributed by atoms with Gasteiger partial charge in [0.05, 0.1) is 18.7 Å². The van der Waals surface area contributed by atoms with Gasteiger partial charge in [0, 0.05) is 32.1 Å². The van der Waals surface area contributed by atoms with Crippen molar-refractivity contribution >= 4 is 5.91 Å². The van der Waals surface area contributed by atoms with Gasteiger partial charge in [-0.3, -0.25) is 4.79 Å². The molecule has 0 unspecified atom stereocenters. The third-order valence-corrected chi connectivity index (χ3v) is 4.67. The number of amides is 1. The number of likely N-dealkylation sites (tertiary alicyclic amines) is 1. The molecule has 0 aliphatic carbocycles. The van der Waals surface area contributed by atoms with Gasteiger partial charge in [-0.25, -0.2) is 0 Å². The minimum atomic E-state index is 0.0980. The maximum absolute atomic E-state index is 12.4. The highest BCUT2D eigenvalue weighted by Crippen LogP contribution is 2.27. The van der Waals surface area contributed by atoms with Crippen LogP contribution in [0.1, 0.15) is 41.9 Å². The number of nitrogens with zero attached hydrogens (tertiary/aromatic N) is 6. The fourth-order valence-electron chi connectivity index (χ4n) is 3.30. The molecule has 0 saturated carbocycles. The second-order valence-electron chi connectivity index (χ2n) is 7.04. The lowest BCUT2D eigenvalue weighted by Crippen LogP contribution is -2.39. The molecule has 1 fully saturated rings. The molecule has 0 radical (unpaired) electrons. The molecule has 8 heteroatoms. The van der Waals surface area contributed by atoms with Crippen LogP contribution in [0, 0.1) is 6.92 Å². The molecule has 8 nitrogen and oxygen atoms in total. The van der Waals surface area contributed by atoms with Gasteiger partial charge in [0.2, 0.25) is 5.91 Å². The van der Waals surface area contributed by atoms with Gasteiger partial charge < -0.3 is 18.9 Å². The van der Waals surface area contributed by atoms with Gasteiger partial charge in [0.1, 0.15) is 17.4 Å². The van der Waals surface area contributed by atoms with Gasteiger partial charge >= 0.3 is 0 Å². The summed E-state index contributed by atoms with van der Waals surface area (Å²) in [7, 11) is 6.07. The van der Waals surface area contributed by atoms with E-state index < -0.39 is 0 Å². The monoisotopic (exact) mass is 346 g/mol. The fourth-order valence-corrected chi connectivity index (χ4v) is 3.30. The van der Waals surface area contributed by atoms with Crippen molar-refractivity contribution in [2.45, 2.75) is 38.6 Å². The maximum atomic E-state index is 12.4. The second-order valence-corrected chi connectivity index (χ2v) is 7.04. The van der Waals surface area contributed by atoms with E-state index in [4.69, 9.17) is 4.52 Å². The highest BCUT2D eigenvalue weighted by Gasteiger charge is 2.27. The molecule has 0 aromatic carbocycles. The molecule has 0 N–H and O–H groups in total. The Morgan fingerprint density at radius 2 is 2.04 bits per heavy atom. The van der Waals surface area contributed by atoms with Gasteiger partial charge in [-0.2, -0.15) is 0 Å². The number of hydrogen-bond donors (Lipinski definition) is 0. The molecule has 3 heterocycles. The first-order valence-electron chi connectivity index (χ1n) is 8.67. The molecule has 2 aromatic rings. The van der Waals surface area contributed by atoms with E-state index in [2.05, 4.69) is 24.8 Å². The van der Waals surface area contributed by atoms with Crippen LogP contribution in [0.2, 0.25) is 0 Å². The number of piperidine rings is 1. The fraction of sp³-hybridized carbons (Fsp3) is 0.647. The molecule has 1 saturated heterocycles. The number of carbonyl (C=O) groups is 1. The lowest BCUT2D eigenvalue weighted by atomic mass is 9.95. The van der Waals surface area contributed by atoms with Crippen molar-refractivity contribution in [1.82, 2.24) is 29.7 Å². The van der Waals surface area contributed by atoms with Crippen molar-refractivity contribution in [3.8, 4) is 0 Å². The Morgan fingerprint density at radius 3 is 2.64 bits per heavy atom. The molecule has 1 amide bonds. The Balaban J connectivity index is 1.56. The lowest BCUT2D eigenvalue weighted by Gasteiger charge is -2.31. The normalized spacial score (nSPS) is 16.0. The number of rotatable bonds is 5. The summed E-state index contributed by atoms with van der Waals surface area (Å²) >= 11 is 0. The van der Waals surface area contributed by atoms with Crippen molar-refractivity contribution in [3.05, 3.63) is 29.2 Å². The summed E-state index contributed by atoms with van der Waals surface area (Å²) in [5.74, 6) is 3.08. The van der Waals surface area contributed by atoms with Crippen LogP contribution in [0.3, 0.4) is 0 Å². The van der Waals surface area contributed by atoms with E-state index >= 15 is 0 Å². The van der Waals surface area contributed by atoms with Crippen molar-refractivity contribution < 1.29 is 9.32 Å². The summed E-state index contributed by atoms with van der Waals surface area (Å²) in [5.41, 5.74) is 0.803. The van der Waals surface area contributed by atoms with Gasteiger partial charge in [0.25, 0.3) is 0 Å². The Bertz CT molecular complexity index is 727. The molecule has 136 valence electrons.